The van der Waals surface area contributed by atoms with Gasteiger partial charge in [0.05, 0.1) is 19.2 Å². The van der Waals surface area contributed by atoms with E-state index in [1.54, 1.807) is 12.1 Å². The minimum Gasteiger partial charge on any atom is -0.465 e. The lowest BCUT2D eigenvalue weighted by atomic mass is 10.1. The lowest BCUT2D eigenvalue weighted by molar-refractivity contribution is -0.132. The molecule has 0 bridgehead atoms. The Hall–Kier alpha value is -1.63. The zero-order valence-corrected chi connectivity index (χ0v) is 14.4. The summed E-state index contributed by atoms with van der Waals surface area (Å²) in [6.07, 6.45) is 0. The van der Waals surface area contributed by atoms with E-state index in [9.17, 15) is 9.59 Å². The minimum atomic E-state index is -0.346. The molecule has 23 heavy (non-hydrogen) atoms. The molecule has 1 fully saturated rings. The molecule has 128 valence electrons. The number of methoxy groups -OCH3 is 1. The summed E-state index contributed by atoms with van der Waals surface area (Å²) >= 11 is 0. The van der Waals surface area contributed by atoms with Gasteiger partial charge in [0.15, 0.2) is 0 Å². The Morgan fingerprint density at radius 3 is 2.65 bits per heavy atom. The van der Waals surface area contributed by atoms with E-state index >= 15 is 0 Å². The molecular weight excluding hydrogens is 318 g/mol. The van der Waals surface area contributed by atoms with Crippen molar-refractivity contribution in [1.29, 1.82) is 0 Å². The van der Waals surface area contributed by atoms with Crippen molar-refractivity contribution in [2.75, 3.05) is 46.9 Å². The first-order chi connectivity index (χ1) is 10.6. The van der Waals surface area contributed by atoms with E-state index in [2.05, 4.69) is 5.32 Å². The summed E-state index contributed by atoms with van der Waals surface area (Å²) in [7, 11) is 3.28. The highest BCUT2D eigenvalue weighted by molar-refractivity contribution is 5.89. The van der Waals surface area contributed by atoms with Gasteiger partial charge in [0.25, 0.3) is 0 Å². The van der Waals surface area contributed by atoms with Gasteiger partial charge in [-0.3, -0.25) is 9.69 Å². The SMILES string of the molecule is COC(=O)c1cccc(CN(C)CC(=O)N2CCNCC2)c1.Cl. The molecule has 0 aromatic heterocycles. The van der Waals surface area contributed by atoms with Crippen LogP contribution in [0.25, 0.3) is 0 Å². The summed E-state index contributed by atoms with van der Waals surface area (Å²) in [4.78, 5) is 27.6. The standard InChI is InChI=1S/C16H23N3O3.ClH/c1-18(12-15(20)19-8-6-17-7-9-19)11-13-4-3-5-14(10-13)16(21)22-2;/h3-5,10,17H,6-9,11-12H2,1-2H3;1H. The van der Waals surface area contributed by atoms with Gasteiger partial charge in [-0.15, -0.1) is 12.4 Å². The topological polar surface area (TPSA) is 61.9 Å². The molecule has 1 heterocycles. The summed E-state index contributed by atoms with van der Waals surface area (Å²) in [5.41, 5.74) is 1.51. The fourth-order valence-corrected chi connectivity index (χ4v) is 2.53. The van der Waals surface area contributed by atoms with Crippen LogP contribution in [0, 0.1) is 0 Å². The molecule has 1 saturated heterocycles. The van der Waals surface area contributed by atoms with Gasteiger partial charge in [0.1, 0.15) is 0 Å². The van der Waals surface area contributed by atoms with Crippen LogP contribution >= 0.6 is 12.4 Å². The third-order valence-electron chi connectivity index (χ3n) is 3.68. The van der Waals surface area contributed by atoms with Crippen LogP contribution in [0.1, 0.15) is 15.9 Å². The third-order valence-corrected chi connectivity index (χ3v) is 3.68. The molecule has 0 saturated carbocycles. The van der Waals surface area contributed by atoms with E-state index in [1.807, 2.05) is 29.0 Å². The normalized spacial score (nSPS) is 14.3. The molecule has 1 N–H and O–H groups in total. The Labute approximate surface area is 143 Å². The van der Waals surface area contributed by atoms with Crippen LogP contribution in [0.3, 0.4) is 0 Å². The van der Waals surface area contributed by atoms with E-state index in [-0.39, 0.29) is 24.3 Å². The molecule has 1 aliphatic rings. The number of hydrogen-bond donors (Lipinski definition) is 1. The molecule has 1 amide bonds. The van der Waals surface area contributed by atoms with Crippen molar-refractivity contribution in [2.45, 2.75) is 6.54 Å². The zero-order chi connectivity index (χ0) is 15.9. The Morgan fingerprint density at radius 1 is 1.30 bits per heavy atom. The number of benzene rings is 1. The minimum absolute atomic E-state index is 0. The number of carbonyl (C=O) groups excluding carboxylic acids is 2. The number of rotatable bonds is 5. The zero-order valence-electron chi connectivity index (χ0n) is 13.6. The lowest BCUT2D eigenvalue weighted by Crippen LogP contribution is -2.49. The van der Waals surface area contributed by atoms with Gasteiger partial charge in [-0.1, -0.05) is 12.1 Å². The summed E-state index contributed by atoms with van der Waals surface area (Å²) < 4.78 is 4.72. The largest absolute Gasteiger partial charge is 0.465 e. The second-order valence-corrected chi connectivity index (χ2v) is 5.50. The number of esters is 1. The molecule has 1 aromatic rings. The number of carbonyl (C=O) groups is 2. The Kier molecular flexibility index (Phi) is 8.02. The summed E-state index contributed by atoms with van der Waals surface area (Å²) in [6.45, 7) is 4.24. The highest BCUT2D eigenvalue weighted by atomic mass is 35.5. The van der Waals surface area contributed by atoms with E-state index in [4.69, 9.17) is 4.74 Å². The summed E-state index contributed by atoms with van der Waals surface area (Å²) in [5.74, 6) is -0.200. The number of nitrogens with one attached hydrogen (secondary N) is 1. The molecule has 0 aliphatic carbocycles. The second kappa shape index (κ2) is 9.50. The lowest BCUT2D eigenvalue weighted by Gasteiger charge is -2.29. The smallest absolute Gasteiger partial charge is 0.337 e. The molecule has 6 nitrogen and oxygen atoms in total. The molecule has 7 heteroatoms. The van der Waals surface area contributed by atoms with Crippen LogP contribution in [-0.2, 0) is 16.1 Å². The van der Waals surface area contributed by atoms with Crippen molar-refractivity contribution in [2.24, 2.45) is 0 Å². The fourth-order valence-electron chi connectivity index (χ4n) is 2.53. The summed E-state index contributed by atoms with van der Waals surface area (Å²) in [6, 6.07) is 7.30. The first kappa shape index (κ1) is 19.4. The van der Waals surface area contributed by atoms with Crippen LogP contribution in [0.5, 0.6) is 0 Å². The monoisotopic (exact) mass is 341 g/mol. The van der Waals surface area contributed by atoms with E-state index < -0.39 is 0 Å². The van der Waals surface area contributed by atoms with Gasteiger partial charge in [-0.25, -0.2) is 4.79 Å². The highest BCUT2D eigenvalue weighted by Gasteiger charge is 2.17. The number of nitrogens with zero attached hydrogens (tertiary/aromatic N) is 2. The molecule has 1 aromatic carbocycles. The fraction of sp³-hybridized carbons (Fsp3) is 0.500. The number of piperazine rings is 1. The van der Waals surface area contributed by atoms with Gasteiger partial charge in [0, 0.05) is 32.7 Å². The Bertz CT molecular complexity index is 533. The van der Waals surface area contributed by atoms with Gasteiger partial charge >= 0.3 is 5.97 Å². The molecule has 2 rings (SSSR count). The Morgan fingerprint density at radius 2 is 2.00 bits per heavy atom. The van der Waals surface area contributed by atoms with Gasteiger partial charge in [-0.05, 0) is 24.7 Å². The molecule has 1 aliphatic heterocycles. The van der Waals surface area contributed by atoms with E-state index in [0.29, 0.717) is 18.7 Å². The predicted molar refractivity (Wildman–Crippen MR) is 90.8 cm³/mol. The number of likely N-dealkylation sites (N-methyl/N-ethyl adjacent to an activating group) is 1. The number of halogens is 1. The second-order valence-electron chi connectivity index (χ2n) is 5.50. The van der Waals surface area contributed by atoms with Crippen LogP contribution in [0.2, 0.25) is 0 Å². The number of amides is 1. The van der Waals surface area contributed by atoms with Gasteiger partial charge in [0.2, 0.25) is 5.91 Å². The predicted octanol–water partition coefficient (Wildman–Crippen LogP) is 0.759. The number of hydrogen-bond acceptors (Lipinski definition) is 5. The van der Waals surface area contributed by atoms with Crippen molar-refractivity contribution in [1.82, 2.24) is 15.1 Å². The average molecular weight is 342 g/mol. The molecule has 0 atom stereocenters. The van der Waals surface area contributed by atoms with Crippen molar-refractivity contribution in [3.05, 3.63) is 35.4 Å². The van der Waals surface area contributed by atoms with Crippen molar-refractivity contribution in [3.63, 3.8) is 0 Å². The molecule has 0 spiro atoms. The van der Waals surface area contributed by atoms with Crippen molar-refractivity contribution < 1.29 is 14.3 Å². The Balaban J connectivity index is 0.00000264. The maximum absolute atomic E-state index is 12.2. The quantitative estimate of drug-likeness (QED) is 0.801. The van der Waals surface area contributed by atoms with Crippen LogP contribution in [-0.4, -0.2) is 68.6 Å². The maximum atomic E-state index is 12.2. The van der Waals surface area contributed by atoms with Gasteiger partial charge in [-0.2, -0.15) is 0 Å². The average Bonchev–Trinajstić information content (AvgIpc) is 2.55. The first-order valence-corrected chi connectivity index (χ1v) is 7.44. The molecular formula is C16H24ClN3O3. The van der Waals surface area contributed by atoms with Crippen LogP contribution in [0.15, 0.2) is 24.3 Å². The third kappa shape index (κ3) is 5.82. The first-order valence-electron chi connectivity index (χ1n) is 7.44. The van der Waals surface area contributed by atoms with Crippen molar-refractivity contribution in [3.8, 4) is 0 Å². The maximum Gasteiger partial charge on any atom is 0.337 e. The highest BCUT2D eigenvalue weighted by Crippen LogP contribution is 2.09. The van der Waals surface area contributed by atoms with E-state index in [1.165, 1.54) is 7.11 Å². The van der Waals surface area contributed by atoms with Crippen LogP contribution < -0.4 is 5.32 Å². The summed E-state index contributed by atoms with van der Waals surface area (Å²) in [5, 5.41) is 3.23. The van der Waals surface area contributed by atoms with E-state index in [0.717, 1.165) is 31.7 Å². The molecule has 0 radical (unpaired) electrons. The van der Waals surface area contributed by atoms with Gasteiger partial charge < -0.3 is 15.0 Å². The van der Waals surface area contributed by atoms with Crippen LogP contribution in [0.4, 0.5) is 0 Å². The molecule has 0 unspecified atom stereocenters. The number of ether oxygens (including phenoxy) is 1. The van der Waals surface area contributed by atoms with Crippen molar-refractivity contribution >= 4 is 24.3 Å².